The molecule has 1 saturated heterocycles. The van der Waals surface area contributed by atoms with Crippen LogP contribution < -0.4 is 5.32 Å². The Kier molecular flexibility index (Phi) is 10.5. The van der Waals surface area contributed by atoms with Crippen LogP contribution in [-0.4, -0.2) is 62.4 Å². The molecule has 2 heterocycles. The molecule has 1 aliphatic heterocycles. The minimum Gasteiger partial charge on any atom is -0.480 e. The van der Waals surface area contributed by atoms with E-state index in [1.165, 1.54) is 47.3 Å². The molecule has 0 radical (unpaired) electrons. The number of hydrogen-bond donors (Lipinski definition) is 2. The Morgan fingerprint density at radius 3 is 2.67 bits per heavy atom. The van der Waals surface area contributed by atoms with Crippen LogP contribution in [0.4, 0.5) is 13.2 Å². The van der Waals surface area contributed by atoms with Gasteiger partial charge in [-0.05, 0) is 24.3 Å². The van der Waals surface area contributed by atoms with Gasteiger partial charge in [0.2, 0.25) is 0 Å². The van der Waals surface area contributed by atoms with Gasteiger partial charge in [0.15, 0.2) is 6.29 Å². The van der Waals surface area contributed by atoms with E-state index in [1.54, 1.807) is 24.3 Å². The largest absolute Gasteiger partial charge is 0.480 e. The van der Waals surface area contributed by atoms with Crippen molar-refractivity contribution in [2.24, 2.45) is 0 Å². The standard InChI is InChI=1S/C29H28F3N5O4S/c1-19(29(35-13-27(38)39,16-37-18-34-17-36-37)24-9-8-22(30)11-26(24)32)42-23-14-40-28(41-15-23)5-3-2-4-21-7-6-20(12-33)10-25(21)31/h2-11,17-19,23,28,35H,13-16H2,1H3,(H,38,39)/b4-2+,5-3+/t19-,23?,28?,29-/m1/s1. The summed E-state index contributed by atoms with van der Waals surface area (Å²) in [6.07, 6.45) is 8.62. The molecule has 1 fully saturated rings. The number of halogens is 3. The normalized spacial score (nSPS) is 19.5. The molecular formula is C29H28F3N5O4S. The van der Waals surface area contributed by atoms with Crippen molar-refractivity contribution in [2.45, 2.75) is 35.8 Å². The predicted molar refractivity (Wildman–Crippen MR) is 150 cm³/mol. The molecule has 1 aromatic heterocycles. The molecule has 2 atom stereocenters. The van der Waals surface area contributed by atoms with Crippen LogP contribution in [0.2, 0.25) is 0 Å². The number of hydrogen-bond acceptors (Lipinski definition) is 8. The Morgan fingerprint density at radius 1 is 1.24 bits per heavy atom. The molecule has 4 rings (SSSR count). The van der Waals surface area contributed by atoms with Crippen LogP contribution in [0.1, 0.15) is 23.6 Å². The monoisotopic (exact) mass is 599 g/mol. The highest BCUT2D eigenvalue weighted by Gasteiger charge is 2.43. The maximum atomic E-state index is 15.2. The second-order valence-corrected chi connectivity index (χ2v) is 11.1. The molecule has 0 saturated carbocycles. The van der Waals surface area contributed by atoms with Crippen LogP contribution in [-0.2, 0) is 26.4 Å². The number of carboxylic acid groups (broad SMARTS) is 1. The zero-order valence-corrected chi connectivity index (χ0v) is 23.3. The van der Waals surface area contributed by atoms with Crippen molar-refractivity contribution < 1.29 is 32.5 Å². The average Bonchev–Trinajstić information content (AvgIpc) is 3.48. The van der Waals surface area contributed by atoms with Gasteiger partial charge in [-0.1, -0.05) is 37.3 Å². The molecular weight excluding hydrogens is 571 g/mol. The molecule has 9 nitrogen and oxygen atoms in total. The summed E-state index contributed by atoms with van der Waals surface area (Å²) >= 11 is 1.41. The third kappa shape index (κ3) is 7.86. The van der Waals surface area contributed by atoms with Crippen molar-refractivity contribution in [3.63, 3.8) is 0 Å². The Balaban J connectivity index is 1.45. The van der Waals surface area contributed by atoms with Crippen LogP contribution in [0.15, 0.2) is 67.3 Å². The number of thioether (sulfide) groups is 1. The van der Waals surface area contributed by atoms with Crippen LogP contribution in [0.3, 0.4) is 0 Å². The molecule has 3 aromatic rings. The van der Waals surface area contributed by atoms with Crippen molar-refractivity contribution in [2.75, 3.05) is 19.8 Å². The molecule has 220 valence electrons. The van der Waals surface area contributed by atoms with Gasteiger partial charge in [0.25, 0.3) is 0 Å². The highest BCUT2D eigenvalue weighted by Crippen LogP contribution is 2.39. The fourth-order valence-corrected chi connectivity index (χ4v) is 5.93. The predicted octanol–water partition coefficient (Wildman–Crippen LogP) is 4.27. The second-order valence-electron chi connectivity index (χ2n) is 9.46. The maximum Gasteiger partial charge on any atom is 0.317 e. The fourth-order valence-electron chi connectivity index (χ4n) is 4.52. The van der Waals surface area contributed by atoms with Gasteiger partial charge < -0.3 is 14.6 Å². The van der Waals surface area contributed by atoms with E-state index in [1.807, 2.05) is 13.0 Å². The van der Waals surface area contributed by atoms with Gasteiger partial charge in [-0.25, -0.2) is 18.2 Å². The van der Waals surface area contributed by atoms with E-state index in [9.17, 15) is 18.7 Å². The number of allylic oxidation sites excluding steroid dienone is 2. The number of benzene rings is 2. The first-order valence-corrected chi connectivity index (χ1v) is 13.8. The summed E-state index contributed by atoms with van der Waals surface area (Å²) in [6, 6.07) is 9.29. The maximum absolute atomic E-state index is 15.2. The summed E-state index contributed by atoms with van der Waals surface area (Å²) < 4.78 is 56.2. The first kappa shape index (κ1) is 31.0. The topological polar surface area (TPSA) is 122 Å². The minimum absolute atomic E-state index is 0.0168. The lowest BCUT2D eigenvalue weighted by Crippen LogP contribution is -2.55. The third-order valence-electron chi connectivity index (χ3n) is 6.61. The van der Waals surface area contributed by atoms with Crippen LogP contribution in [0.25, 0.3) is 6.08 Å². The number of nitrogens with one attached hydrogen (secondary N) is 1. The summed E-state index contributed by atoms with van der Waals surface area (Å²) in [4.78, 5) is 15.5. The first-order chi connectivity index (χ1) is 20.2. The molecule has 2 N–H and O–H groups in total. The van der Waals surface area contributed by atoms with Crippen molar-refractivity contribution >= 4 is 23.8 Å². The number of ether oxygens (including phenoxy) is 2. The molecule has 0 aliphatic carbocycles. The lowest BCUT2D eigenvalue weighted by Gasteiger charge is -2.42. The smallest absolute Gasteiger partial charge is 0.317 e. The number of carbonyl (C=O) groups is 1. The Labute approximate surface area is 244 Å². The Hall–Kier alpha value is -3.96. The second kappa shape index (κ2) is 14.3. The average molecular weight is 600 g/mol. The van der Waals surface area contributed by atoms with Gasteiger partial charge >= 0.3 is 5.97 Å². The summed E-state index contributed by atoms with van der Waals surface area (Å²) in [5.74, 6) is -3.23. The van der Waals surface area contributed by atoms with Crippen molar-refractivity contribution in [3.05, 3.63) is 101 Å². The Bertz CT molecular complexity index is 1470. The Morgan fingerprint density at radius 2 is 2.02 bits per heavy atom. The number of nitrogens with zero attached hydrogens (tertiary/aromatic N) is 4. The van der Waals surface area contributed by atoms with E-state index in [2.05, 4.69) is 15.4 Å². The lowest BCUT2D eigenvalue weighted by atomic mass is 9.85. The van der Waals surface area contributed by atoms with Gasteiger partial charge in [-0.2, -0.15) is 10.4 Å². The number of carboxylic acids is 1. The van der Waals surface area contributed by atoms with E-state index in [0.717, 1.165) is 18.2 Å². The summed E-state index contributed by atoms with van der Waals surface area (Å²) in [5, 5.41) is 24.7. The lowest BCUT2D eigenvalue weighted by molar-refractivity contribution is -0.146. The molecule has 0 spiro atoms. The summed E-state index contributed by atoms with van der Waals surface area (Å²) in [7, 11) is 0. The van der Waals surface area contributed by atoms with E-state index < -0.39 is 47.0 Å². The van der Waals surface area contributed by atoms with Crippen molar-refractivity contribution in [3.8, 4) is 6.07 Å². The molecule has 1 aliphatic rings. The van der Waals surface area contributed by atoms with Gasteiger partial charge in [0.05, 0.1) is 48.7 Å². The quantitative estimate of drug-likeness (QED) is 0.294. The van der Waals surface area contributed by atoms with Gasteiger partial charge in [0.1, 0.15) is 30.1 Å². The van der Waals surface area contributed by atoms with Gasteiger partial charge in [-0.15, -0.1) is 11.8 Å². The molecule has 0 unspecified atom stereocenters. The zero-order chi connectivity index (χ0) is 30.1. The molecule has 42 heavy (non-hydrogen) atoms. The van der Waals surface area contributed by atoms with Crippen LogP contribution in [0, 0.1) is 28.8 Å². The zero-order valence-electron chi connectivity index (χ0n) is 22.5. The van der Waals surface area contributed by atoms with E-state index in [-0.39, 0.29) is 36.1 Å². The fraction of sp³-hybridized carbons (Fsp3) is 0.310. The first-order valence-electron chi connectivity index (χ1n) is 12.9. The minimum atomic E-state index is -1.32. The summed E-state index contributed by atoms with van der Waals surface area (Å²) in [5.41, 5.74) is -0.665. The molecule has 2 aromatic carbocycles. The molecule has 0 amide bonds. The van der Waals surface area contributed by atoms with Crippen molar-refractivity contribution in [1.29, 1.82) is 5.26 Å². The van der Waals surface area contributed by atoms with E-state index >= 15 is 4.39 Å². The van der Waals surface area contributed by atoms with Gasteiger partial charge in [0, 0.05) is 22.4 Å². The van der Waals surface area contributed by atoms with Crippen LogP contribution in [0.5, 0.6) is 0 Å². The SMILES string of the molecule is C[C@@H](SC1COC(/C=C/C=C/c2ccc(C#N)cc2F)OC1)[C@@](Cn1cncn1)(NCC(=O)O)c1ccc(F)cc1F. The van der Waals surface area contributed by atoms with E-state index in [4.69, 9.17) is 14.7 Å². The van der Waals surface area contributed by atoms with Gasteiger partial charge in [-0.3, -0.25) is 14.8 Å². The molecule has 0 bridgehead atoms. The number of nitriles is 1. The van der Waals surface area contributed by atoms with Crippen molar-refractivity contribution in [1.82, 2.24) is 20.1 Å². The number of rotatable bonds is 12. The highest BCUT2D eigenvalue weighted by atomic mass is 32.2. The highest BCUT2D eigenvalue weighted by molar-refractivity contribution is 8.00. The summed E-state index contributed by atoms with van der Waals surface area (Å²) in [6.45, 7) is 1.91. The third-order valence-corrected chi connectivity index (χ3v) is 8.08. The molecule has 13 heteroatoms. The van der Waals surface area contributed by atoms with Crippen LogP contribution >= 0.6 is 11.8 Å². The number of aromatic nitrogens is 3. The number of aliphatic carboxylic acids is 1. The van der Waals surface area contributed by atoms with E-state index in [0.29, 0.717) is 5.56 Å².